The van der Waals surface area contributed by atoms with Crippen molar-refractivity contribution >= 4 is 57.2 Å². The highest BCUT2D eigenvalue weighted by atomic mass is 35.6. The quantitative estimate of drug-likeness (QED) is 0.405. The normalized spacial score (nSPS) is 22.6. The Balaban J connectivity index is 1.53. The number of allylic oxidation sites excluding steroid dienone is 4. The second-order valence-electron chi connectivity index (χ2n) is 8.94. The van der Waals surface area contributed by atoms with Gasteiger partial charge in [-0.15, -0.1) is 11.3 Å². The Kier molecular flexibility index (Phi) is 8.47. The second kappa shape index (κ2) is 11.1. The summed E-state index contributed by atoms with van der Waals surface area (Å²) in [6.45, 7) is 1.34. The van der Waals surface area contributed by atoms with Gasteiger partial charge in [0.15, 0.2) is 11.3 Å². The molecular weight excluding hydrogens is 485 g/mol. The Labute approximate surface area is 210 Å². The minimum Gasteiger partial charge on any atom is -0.324 e. The molecule has 0 aromatic carbocycles. The molecule has 1 saturated heterocycles. The van der Waals surface area contributed by atoms with Crippen LogP contribution in [0.2, 0.25) is 0 Å². The fourth-order valence-electron chi connectivity index (χ4n) is 4.88. The molecule has 176 valence electrons. The summed E-state index contributed by atoms with van der Waals surface area (Å²) in [5, 5.41) is 0.891. The summed E-state index contributed by atoms with van der Waals surface area (Å²) in [7, 11) is 0. The number of carbonyl (C=O) groups excluding carboxylic acids is 1. The van der Waals surface area contributed by atoms with Gasteiger partial charge in [-0.1, -0.05) is 77.9 Å². The van der Waals surface area contributed by atoms with Gasteiger partial charge in [0, 0.05) is 24.4 Å². The van der Waals surface area contributed by atoms with Crippen LogP contribution in [0.25, 0.3) is 0 Å². The zero-order valence-electron chi connectivity index (χ0n) is 18.5. The number of nitrogens with zero attached hydrogens (tertiary/aromatic N) is 3. The molecule has 0 saturated carbocycles. The summed E-state index contributed by atoms with van der Waals surface area (Å²) in [6, 6.07) is 0. The van der Waals surface area contributed by atoms with Crippen LogP contribution in [0.15, 0.2) is 23.8 Å². The smallest absolute Gasteiger partial charge is 0.228 e. The maximum atomic E-state index is 13.3. The monoisotopic (exact) mass is 515 g/mol. The lowest BCUT2D eigenvalue weighted by atomic mass is 10.0. The minimum atomic E-state index is -1.61. The lowest BCUT2D eigenvalue weighted by Crippen LogP contribution is -2.61. The van der Waals surface area contributed by atoms with Gasteiger partial charge in [0.25, 0.3) is 0 Å². The summed E-state index contributed by atoms with van der Waals surface area (Å²) in [5.74, 6) is 0.0392. The number of amides is 1. The fourth-order valence-corrected chi connectivity index (χ4v) is 6.78. The molecule has 1 aliphatic heterocycles. The van der Waals surface area contributed by atoms with Gasteiger partial charge in [-0.25, -0.2) is 4.98 Å². The molecule has 2 aliphatic carbocycles. The Morgan fingerprint density at radius 1 is 1.06 bits per heavy atom. The molecule has 1 unspecified atom stereocenters. The molecule has 1 amide bonds. The van der Waals surface area contributed by atoms with Crippen LogP contribution in [0.1, 0.15) is 74.8 Å². The summed E-state index contributed by atoms with van der Waals surface area (Å²) in [4.78, 5) is 23.5. The first-order valence-electron chi connectivity index (χ1n) is 11.9. The predicted molar refractivity (Wildman–Crippen MR) is 136 cm³/mol. The number of anilines is 1. The van der Waals surface area contributed by atoms with Crippen molar-refractivity contribution in [2.75, 3.05) is 18.0 Å². The lowest BCUT2D eigenvalue weighted by molar-refractivity contribution is -0.134. The number of fused-ring (bicyclic) bond motifs is 1. The lowest BCUT2D eigenvalue weighted by Gasteiger charge is -2.46. The zero-order chi connectivity index (χ0) is 22.6. The predicted octanol–water partition coefficient (Wildman–Crippen LogP) is 6.98. The number of carbonyl (C=O) groups is 1. The van der Waals surface area contributed by atoms with Gasteiger partial charge in [0.2, 0.25) is 9.70 Å². The highest BCUT2D eigenvalue weighted by molar-refractivity contribution is 7.15. The minimum absolute atomic E-state index is 0.0392. The van der Waals surface area contributed by atoms with E-state index in [0.29, 0.717) is 13.0 Å². The standard InChI is InChI=1S/C24H32Cl3N3OS/c25-24(26,27)22-29(21(31)15-14-18-10-5-4-6-11-18)16-9-17-30(22)23-28-19-12-7-2-1-3-8-13-20(19)32-23/h5,10-11,22H,1-4,6-9,12-17H2. The van der Waals surface area contributed by atoms with Crippen molar-refractivity contribution in [1.82, 2.24) is 9.88 Å². The van der Waals surface area contributed by atoms with Crippen molar-refractivity contribution in [3.63, 3.8) is 0 Å². The Morgan fingerprint density at radius 2 is 1.84 bits per heavy atom. The molecule has 1 fully saturated rings. The number of alkyl halides is 3. The summed E-state index contributed by atoms with van der Waals surface area (Å²) in [5.41, 5.74) is 2.42. The second-order valence-corrected chi connectivity index (χ2v) is 12.4. The Morgan fingerprint density at radius 3 is 2.59 bits per heavy atom. The summed E-state index contributed by atoms with van der Waals surface area (Å²) < 4.78 is -1.61. The first kappa shape index (κ1) is 24.4. The zero-order valence-corrected chi connectivity index (χ0v) is 21.6. The van der Waals surface area contributed by atoms with Crippen LogP contribution in [0.4, 0.5) is 5.13 Å². The van der Waals surface area contributed by atoms with E-state index in [9.17, 15) is 4.79 Å². The molecule has 0 spiro atoms. The topological polar surface area (TPSA) is 36.4 Å². The van der Waals surface area contributed by atoms with Crippen molar-refractivity contribution in [2.45, 2.75) is 87.0 Å². The van der Waals surface area contributed by atoms with Crippen LogP contribution in [-0.4, -0.2) is 38.8 Å². The van der Waals surface area contributed by atoms with Gasteiger partial charge >= 0.3 is 0 Å². The molecule has 2 heterocycles. The molecule has 0 radical (unpaired) electrons. The largest absolute Gasteiger partial charge is 0.324 e. The summed E-state index contributed by atoms with van der Waals surface area (Å²) >= 11 is 21.2. The molecule has 1 aromatic heterocycles. The third kappa shape index (κ3) is 6.02. The van der Waals surface area contributed by atoms with Crippen LogP contribution >= 0.6 is 46.1 Å². The fraction of sp³-hybridized carbons (Fsp3) is 0.667. The summed E-state index contributed by atoms with van der Waals surface area (Å²) in [6.07, 6.45) is 18.3. The number of halogens is 3. The van der Waals surface area contributed by atoms with E-state index < -0.39 is 9.96 Å². The number of hydrogen-bond donors (Lipinski definition) is 0. The highest BCUT2D eigenvalue weighted by Crippen LogP contribution is 2.42. The van der Waals surface area contributed by atoms with E-state index in [1.807, 2.05) is 0 Å². The van der Waals surface area contributed by atoms with E-state index in [-0.39, 0.29) is 5.91 Å². The van der Waals surface area contributed by atoms with Gasteiger partial charge in [-0.05, 0) is 51.4 Å². The van der Waals surface area contributed by atoms with Gasteiger partial charge in [0.1, 0.15) is 0 Å². The number of rotatable bonds is 4. The molecule has 1 aromatic rings. The van der Waals surface area contributed by atoms with Crippen molar-refractivity contribution in [3.8, 4) is 0 Å². The SMILES string of the molecule is O=C(CCC1=CCCC=C1)N1CCCN(c2nc3c(s2)CCCCCCC3)C1C(Cl)(Cl)Cl. The molecule has 0 N–H and O–H groups in total. The molecule has 8 heteroatoms. The highest BCUT2D eigenvalue weighted by Gasteiger charge is 2.46. The van der Waals surface area contributed by atoms with Gasteiger partial charge in [0.05, 0.1) is 5.69 Å². The van der Waals surface area contributed by atoms with E-state index in [1.54, 1.807) is 16.2 Å². The van der Waals surface area contributed by atoms with E-state index in [2.05, 4.69) is 23.1 Å². The van der Waals surface area contributed by atoms with Gasteiger partial charge in [-0.3, -0.25) is 4.79 Å². The number of hydrogen-bond acceptors (Lipinski definition) is 4. The molecular formula is C24H32Cl3N3OS. The number of aromatic nitrogens is 1. The molecule has 4 nitrogen and oxygen atoms in total. The first-order chi connectivity index (χ1) is 15.4. The van der Waals surface area contributed by atoms with Crippen LogP contribution < -0.4 is 4.90 Å². The van der Waals surface area contributed by atoms with E-state index in [0.717, 1.165) is 50.2 Å². The van der Waals surface area contributed by atoms with Gasteiger partial charge < -0.3 is 9.80 Å². The van der Waals surface area contributed by atoms with Crippen molar-refractivity contribution < 1.29 is 4.79 Å². The average Bonchev–Trinajstić information content (AvgIpc) is 3.22. The molecule has 0 bridgehead atoms. The van der Waals surface area contributed by atoms with Gasteiger partial charge in [-0.2, -0.15) is 0 Å². The van der Waals surface area contributed by atoms with Crippen LogP contribution in [0.5, 0.6) is 0 Å². The van der Waals surface area contributed by atoms with Crippen LogP contribution in [0, 0.1) is 0 Å². The Bertz CT molecular complexity index is 836. The average molecular weight is 517 g/mol. The van der Waals surface area contributed by atoms with E-state index in [1.165, 1.54) is 48.2 Å². The van der Waals surface area contributed by atoms with E-state index >= 15 is 0 Å². The molecule has 32 heavy (non-hydrogen) atoms. The molecule has 3 aliphatic rings. The number of aryl methyl sites for hydroxylation is 2. The maximum Gasteiger partial charge on any atom is 0.228 e. The van der Waals surface area contributed by atoms with Crippen molar-refractivity contribution in [1.29, 1.82) is 0 Å². The van der Waals surface area contributed by atoms with Crippen LogP contribution in [-0.2, 0) is 17.6 Å². The third-order valence-corrected chi connectivity index (χ3v) is 8.31. The molecule has 4 rings (SSSR count). The van der Waals surface area contributed by atoms with Crippen LogP contribution in [0.3, 0.4) is 0 Å². The van der Waals surface area contributed by atoms with E-state index in [4.69, 9.17) is 39.8 Å². The first-order valence-corrected chi connectivity index (χ1v) is 13.9. The van der Waals surface area contributed by atoms with Crippen molar-refractivity contribution in [2.24, 2.45) is 0 Å². The number of thiazole rings is 1. The van der Waals surface area contributed by atoms with Crippen molar-refractivity contribution in [3.05, 3.63) is 34.4 Å². The molecule has 1 atom stereocenters. The maximum absolute atomic E-state index is 13.3. The Hall–Kier alpha value is -0.750. The third-order valence-electron chi connectivity index (χ3n) is 6.53.